The maximum Gasteiger partial charge on any atom is 0.417 e. The molecule has 0 saturated carbocycles. The largest absolute Gasteiger partial charge is 0.417 e. The van der Waals surface area contributed by atoms with E-state index in [1.807, 2.05) is 30.3 Å². The van der Waals surface area contributed by atoms with Crippen molar-refractivity contribution in [3.05, 3.63) is 95.0 Å². The van der Waals surface area contributed by atoms with Crippen molar-refractivity contribution in [1.82, 2.24) is 15.2 Å². The van der Waals surface area contributed by atoms with Gasteiger partial charge in [0.1, 0.15) is 6.61 Å². The van der Waals surface area contributed by atoms with E-state index < -0.39 is 41.4 Å². The molecule has 2 aromatic carbocycles. The molecule has 0 bridgehead atoms. The zero-order valence-electron chi connectivity index (χ0n) is 21.0. The number of amides is 2. The number of halogens is 3. The average Bonchev–Trinajstić information content (AvgIpc) is 2.94. The van der Waals surface area contributed by atoms with Crippen molar-refractivity contribution in [3.8, 4) is 11.1 Å². The first-order valence-corrected chi connectivity index (χ1v) is 12.0. The molecular weight excluding hydrogens is 511 g/mol. The van der Waals surface area contributed by atoms with Crippen LogP contribution in [0, 0.1) is 5.41 Å². The molecule has 11 heteroatoms. The fourth-order valence-electron chi connectivity index (χ4n) is 4.45. The van der Waals surface area contributed by atoms with Gasteiger partial charge < -0.3 is 26.0 Å². The zero-order chi connectivity index (χ0) is 28.2. The molecular formula is C28H26F3N5O3. The SMILES string of the molecule is CN/C=C\C(=N)c1cc(C(=O)Nc2cnc3c(c2-c2ccccc2)CCN(C(=O)CO)C3)ccc1C(F)(F)F. The first kappa shape index (κ1) is 27.5. The van der Waals surface area contributed by atoms with Crippen molar-refractivity contribution in [3.63, 3.8) is 0 Å². The predicted molar refractivity (Wildman–Crippen MR) is 140 cm³/mol. The molecule has 1 aliphatic rings. The van der Waals surface area contributed by atoms with Gasteiger partial charge in [0.05, 0.1) is 35.4 Å². The molecule has 1 aliphatic heterocycles. The number of nitrogens with one attached hydrogen (secondary N) is 3. The fraction of sp³-hybridized carbons (Fsp3) is 0.214. The number of benzene rings is 2. The number of pyridine rings is 1. The summed E-state index contributed by atoms with van der Waals surface area (Å²) < 4.78 is 40.9. The Hall–Kier alpha value is -4.51. The molecule has 3 aromatic rings. The Bertz CT molecular complexity index is 1440. The Labute approximate surface area is 222 Å². The number of alkyl halides is 3. The minimum atomic E-state index is -4.71. The van der Waals surface area contributed by atoms with Crippen LogP contribution in [0.3, 0.4) is 0 Å². The molecule has 2 heterocycles. The van der Waals surface area contributed by atoms with Crippen LogP contribution in [-0.4, -0.2) is 52.7 Å². The van der Waals surface area contributed by atoms with Crippen LogP contribution in [-0.2, 0) is 23.9 Å². The third kappa shape index (κ3) is 5.99. The highest BCUT2D eigenvalue weighted by molar-refractivity contribution is 6.11. The van der Waals surface area contributed by atoms with E-state index >= 15 is 0 Å². The van der Waals surface area contributed by atoms with Gasteiger partial charge in [-0.05, 0) is 48.0 Å². The standard InChI is InChI=1S/C28H26F3N5O3/c1-33-11-9-22(32)20-13-18(7-8-21(20)28(29,30)31)27(39)35-23-14-34-24-15-36(25(38)16-37)12-10-19(24)26(23)17-5-3-2-4-6-17/h2-9,11,13-14,32-33,37H,10,12,15-16H2,1H3,(H,35,39)/b11-9-,32-22?. The maximum absolute atomic E-state index is 13.6. The van der Waals surface area contributed by atoms with E-state index in [1.54, 1.807) is 7.05 Å². The highest BCUT2D eigenvalue weighted by Crippen LogP contribution is 2.36. The number of hydrogen-bond donors (Lipinski definition) is 4. The molecule has 0 unspecified atom stereocenters. The van der Waals surface area contributed by atoms with Crippen molar-refractivity contribution in [1.29, 1.82) is 5.41 Å². The highest BCUT2D eigenvalue weighted by atomic mass is 19.4. The highest BCUT2D eigenvalue weighted by Gasteiger charge is 2.34. The fourth-order valence-corrected chi connectivity index (χ4v) is 4.45. The molecule has 2 amide bonds. The van der Waals surface area contributed by atoms with Crippen LogP contribution in [0.5, 0.6) is 0 Å². The summed E-state index contributed by atoms with van der Waals surface area (Å²) >= 11 is 0. The number of anilines is 1. The van der Waals surface area contributed by atoms with E-state index in [1.165, 1.54) is 23.4 Å². The molecule has 4 N–H and O–H groups in total. The van der Waals surface area contributed by atoms with Crippen LogP contribution in [0.1, 0.15) is 32.7 Å². The van der Waals surface area contributed by atoms with Crippen LogP contribution >= 0.6 is 0 Å². The van der Waals surface area contributed by atoms with Gasteiger partial charge in [-0.1, -0.05) is 30.3 Å². The summed E-state index contributed by atoms with van der Waals surface area (Å²) in [6.07, 6.45) is -0.318. The van der Waals surface area contributed by atoms with Crippen molar-refractivity contribution < 1.29 is 27.9 Å². The maximum atomic E-state index is 13.6. The van der Waals surface area contributed by atoms with Crippen molar-refractivity contribution >= 4 is 23.2 Å². The first-order valence-electron chi connectivity index (χ1n) is 12.0. The molecule has 8 nitrogen and oxygen atoms in total. The predicted octanol–water partition coefficient (Wildman–Crippen LogP) is 4.00. The number of hydrogen-bond acceptors (Lipinski definition) is 6. The lowest BCUT2D eigenvalue weighted by Gasteiger charge is -2.30. The number of nitrogens with zero attached hydrogens (tertiary/aromatic N) is 2. The molecule has 0 atom stereocenters. The molecule has 1 aromatic heterocycles. The lowest BCUT2D eigenvalue weighted by molar-refractivity contribution is -0.137. The molecule has 0 spiro atoms. The lowest BCUT2D eigenvalue weighted by atomic mass is 9.92. The minimum absolute atomic E-state index is 0.0583. The van der Waals surface area contributed by atoms with Gasteiger partial charge in [-0.15, -0.1) is 0 Å². The van der Waals surface area contributed by atoms with Gasteiger partial charge in [-0.2, -0.15) is 13.2 Å². The molecule has 39 heavy (non-hydrogen) atoms. The van der Waals surface area contributed by atoms with Crippen LogP contribution < -0.4 is 10.6 Å². The summed E-state index contributed by atoms with van der Waals surface area (Å²) in [7, 11) is 1.55. The smallest absolute Gasteiger partial charge is 0.394 e. The molecule has 0 saturated heterocycles. The van der Waals surface area contributed by atoms with E-state index in [-0.39, 0.29) is 12.1 Å². The Morgan fingerprint density at radius 1 is 1.18 bits per heavy atom. The van der Waals surface area contributed by atoms with E-state index in [0.717, 1.165) is 29.3 Å². The van der Waals surface area contributed by atoms with Crippen molar-refractivity contribution in [2.75, 3.05) is 25.5 Å². The van der Waals surface area contributed by atoms with Gasteiger partial charge >= 0.3 is 6.18 Å². The number of aliphatic hydroxyl groups excluding tert-OH is 1. The Balaban J connectivity index is 1.73. The first-order chi connectivity index (χ1) is 18.6. The van der Waals surface area contributed by atoms with Gasteiger partial charge in [-0.25, -0.2) is 0 Å². The lowest BCUT2D eigenvalue weighted by Crippen LogP contribution is -2.38. The van der Waals surface area contributed by atoms with E-state index in [0.29, 0.717) is 29.9 Å². The monoisotopic (exact) mass is 537 g/mol. The summed E-state index contributed by atoms with van der Waals surface area (Å²) in [5, 5.41) is 22.8. The molecule has 4 rings (SSSR count). The second kappa shape index (κ2) is 11.5. The number of aromatic nitrogens is 1. The minimum Gasteiger partial charge on any atom is -0.394 e. The number of fused-ring (bicyclic) bond motifs is 1. The average molecular weight is 538 g/mol. The quantitative estimate of drug-likeness (QED) is 0.340. The van der Waals surface area contributed by atoms with E-state index in [2.05, 4.69) is 15.6 Å². The van der Waals surface area contributed by atoms with Gasteiger partial charge in [0.25, 0.3) is 5.91 Å². The zero-order valence-corrected chi connectivity index (χ0v) is 21.0. The summed E-state index contributed by atoms with van der Waals surface area (Å²) in [4.78, 5) is 31.3. The molecule has 0 aliphatic carbocycles. The number of rotatable bonds is 7. The topological polar surface area (TPSA) is 118 Å². The van der Waals surface area contributed by atoms with Crippen LogP contribution in [0.15, 0.2) is 67.0 Å². The number of carbonyl (C=O) groups is 2. The van der Waals surface area contributed by atoms with Crippen LogP contribution in [0.25, 0.3) is 11.1 Å². The number of aliphatic hydroxyl groups is 1. The number of allylic oxidation sites excluding steroid dienone is 1. The number of carbonyl (C=O) groups excluding carboxylic acids is 2. The van der Waals surface area contributed by atoms with Gasteiger partial charge in [0.2, 0.25) is 5.91 Å². The van der Waals surface area contributed by atoms with Gasteiger partial charge in [-0.3, -0.25) is 14.6 Å². The molecule has 202 valence electrons. The second-order valence-corrected chi connectivity index (χ2v) is 8.81. The van der Waals surface area contributed by atoms with Crippen LogP contribution in [0.2, 0.25) is 0 Å². The Kier molecular flexibility index (Phi) is 8.10. The summed E-state index contributed by atoms with van der Waals surface area (Å²) in [5.41, 5.74) is 1.38. The summed E-state index contributed by atoms with van der Waals surface area (Å²) in [6, 6.07) is 12.2. The van der Waals surface area contributed by atoms with Gasteiger partial charge in [0, 0.05) is 30.3 Å². The summed E-state index contributed by atoms with van der Waals surface area (Å²) in [6.45, 7) is -0.0462. The van der Waals surface area contributed by atoms with Crippen LogP contribution in [0.4, 0.5) is 18.9 Å². The van der Waals surface area contributed by atoms with Crippen molar-refractivity contribution in [2.45, 2.75) is 19.1 Å². The Morgan fingerprint density at radius 3 is 2.59 bits per heavy atom. The third-order valence-electron chi connectivity index (χ3n) is 6.33. The van der Waals surface area contributed by atoms with Gasteiger partial charge in [0.15, 0.2) is 0 Å². The third-order valence-corrected chi connectivity index (χ3v) is 6.33. The summed E-state index contributed by atoms with van der Waals surface area (Å²) in [5.74, 6) is -1.07. The molecule has 0 radical (unpaired) electrons. The van der Waals surface area contributed by atoms with Crippen molar-refractivity contribution in [2.24, 2.45) is 0 Å². The molecule has 0 fully saturated rings. The normalized spacial score (nSPS) is 13.2. The Morgan fingerprint density at radius 2 is 1.92 bits per heavy atom. The second-order valence-electron chi connectivity index (χ2n) is 8.81. The van der Waals surface area contributed by atoms with E-state index in [4.69, 9.17) is 5.41 Å². The van der Waals surface area contributed by atoms with E-state index in [9.17, 15) is 27.9 Å².